The van der Waals surface area contributed by atoms with Gasteiger partial charge in [-0.1, -0.05) is 30.8 Å². The molecule has 10 heteroatoms. The van der Waals surface area contributed by atoms with Gasteiger partial charge in [0, 0.05) is 30.1 Å². The van der Waals surface area contributed by atoms with E-state index in [1.807, 2.05) is 31.3 Å². The Morgan fingerprint density at radius 2 is 2.15 bits per heavy atom. The number of ether oxygens (including phenoxy) is 1. The van der Waals surface area contributed by atoms with Crippen LogP contribution in [0.2, 0.25) is 0 Å². The zero-order valence-corrected chi connectivity index (χ0v) is 16.1. The maximum absolute atomic E-state index is 12.2. The predicted molar refractivity (Wildman–Crippen MR) is 103 cm³/mol. The number of aromatic nitrogens is 6. The summed E-state index contributed by atoms with van der Waals surface area (Å²) < 4.78 is 10.1. The van der Waals surface area contributed by atoms with E-state index in [0.717, 1.165) is 22.8 Å². The molecule has 0 bridgehead atoms. The van der Waals surface area contributed by atoms with Gasteiger partial charge in [0.1, 0.15) is 6.61 Å². The Balaban J connectivity index is 1.56. The summed E-state index contributed by atoms with van der Waals surface area (Å²) in [6, 6.07) is 7.47. The van der Waals surface area contributed by atoms with Gasteiger partial charge in [0.2, 0.25) is 5.88 Å². The molecule has 0 N–H and O–H groups in total. The summed E-state index contributed by atoms with van der Waals surface area (Å²) in [6.45, 7) is 5.16. The van der Waals surface area contributed by atoms with Crippen LogP contribution in [-0.4, -0.2) is 46.5 Å². The van der Waals surface area contributed by atoms with E-state index in [2.05, 4.69) is 27.4 Å². The average molecular weight is 385 g/mol. The van der Waals surface area contributed by atoms with Gasteiger partial charge in [-0.3, -0.25) is 4.99 Å². The molecule has 1 aliphatic heterocycles. The summed E-state index contributed by atoms with van der Waals surface area (Å²) in [5.41, 5.74) is 2.19. The molecule has 0 saturated heterocycles. The molecule has 4 rings (SSSR count). The van der Waals surface area contributed by atoms with Crippen LogP contribution in [0.3, 0.4) is 0 Å². The first-order valence-electron chi connectivity index (χ1n) is 8.51. The zero-order valence-electron chi connectivity index (χ0n) is 15.2. The molecular weight excluding hydrogens is 366 g/mol. The van der Waals surface area contributed by atoms with Gasteiger partial charge in [-0.05, 0) is 29.0 Å². The molecule has 0 amide bonds. The molecular formula is C17H19N7O2S. The largest absolute Gasteiger partial charge is 0.472 e. The van der Waals surface area contributed by atoms with Crippen LogP contribution in [0.15, 0.2) is 40.2 Å². The van der Waals surface area contributed by atoms with Crippen molar-refractivity contribution in [2.24, 2.45) is 12.0 Å². The van der Waals surface area contributed by atoms with Crippen LogP contribution in [0, 0.1) is 6.92 Å². The topological polar surface area (TPSA) is 92.1 Å². The second kappa shape index (κ2) is 7.03. The van der Waals surface area contributed by atoms with Crippen LogP contribution in [0.1, 0.15) is 18.1 Å². The van der Waals surface area contributed by atoms with Gasteiger partial charge in [0.05, 0.1) is 12.2 Å². The maximum atomic E-state index is 12.2. The lowest BCUT2D eigenvalue weighted by Gasteiger charge is -2.11. The molecule has 0 saturated carbocycles. The summed E-state index contributed by atoms with van der Waals surface area (Å²) in [5, 5.41) is 13.5. The number of hydrogen-bond donors (Lipinski definition) is 0. The normalized spacial score (nSPS) is 16.6. The highest BCUT2D eigenvalue weighted by molar-refractivity contribution is 8.14. The van der Waals surface area contributed by atoms with Crippen LogP contribution in [0.5, 0.6) is 5.88 Å². The Morgan fingerprint density at radius 3 is 2.85 bits per heavy atom. The van der Waals surface area contributed by atoms with E-state index in [9.17, 15) is 4.79 Å². The first-order chi connectivity index (χ1) is 13.0. The molecule has 3 aromatic rings. The third-order valence-electron chi connectivity index (χ3n) is 4.25. The van der Waals surface area contributed by atoms with Crippen molar-refractivity contribution in [1.82, 2.24) is 29.6 Å². The number of benzene rings is 1. The van der Waals surface area contributed by atoms with Crippen molar-refractivity contribution in [2.45, 2.75) is 25.7 Å². The standard InChI is InChI=1S/C17H19N7O2S/c1-11-5-4-6-14(24-17(25)22(3)20-21-24)13(11)10-26-15-7-8-23(19-15)16-18-9-12(2)27-16/h4-8,12H,9-10H2,1-3H3. The van der Waals surface area contributed by atoms with E-state index < -0.39 is 0 Å². The van der Waals surface area contributed by atoms with Crippen molar-refractivity contribution >= 4 is 16.9 Å². The minimum atomic E-state index is -0.309. The average Bonchev–Trinajstić information content (AvgIpc) is 3.36. The Morgan fingerprint density at radius 1 is 1.30 bits per heavy atom. The number of tetrazole rings is 1. The molecule has 1 aromatic carbocycles. The van der Waals surface area contributed by atoms with Gasteiger partial charge in [0.15, 0.2) is 5.17 Å². The van der Waals surface area contributed by atoms with Crippen LogP contribution in [0.25, 0.3) is 5.69 Å². The van der Waals surface area contributed by atoms with Crippen molar-refractivity contribution in [3.8, 4) is 11.6 Å². The summed E-state index contributed by atoms with van der Waals surface area (Å²) >= 11 is 1.69. The smallest absolute Gasteiger partial charge is 0.368 e. The quantitative estimate of drug-likeness (QED) is 0.674. The molecule has 3 heterocycles. The van der Waals surface area contributed by atoms with Gasteiger partial charge in [-0.2, -0.15) is 9.36 Å². The lowest BCUT2D eigenvalue weighted by atomic mass is 10.1. The summed E-state index contributed by atoms with van der Waals surface area (Å²) in [7, 11) is 1.56. The summed E-state index contributed by atoms with van der Waals surface area (Å²) in [5.74, 6) is 0.499. The van der Waals surface area contributed by atoms with Crippen molar-refractivity contribution in [3.05, 3.63) is 52.1 Å². The third-order valence-corrected chi connectivity index (χ3v) is 5.33. The molecule has 1 unspecified atom stereocenters. The monoisotopic (exact) mass is 385 g/mol. The molecule has 1 aliphatic rings. The van der Waals surface area contributed by atoms with Crippen LogP contribution < -0.4 is 10.4 Å². The van der Waals surface area contributed by atoms with Crippen molar-refractivity contribution in [2.75, 3.05) is 6.54 Å². The van der Waals surface area contributed by atoms with E-state index in [1.54, 1.807) is 29.6 Å². The fourth-order valence-corrected chi connectivity index (χ4v) is 3.63. The highest BCUT2D eigenvalue weighted by atomic mass is 32.2. The van der Waals surface area contributed by atoms with Gasteiger partial charge in [-0.25, -0.2) is 9.48 Å². The van der Waals surface area contributed by atoms with E-state index in [-0.39, 0.29) is 12.3 Å². The number of hydrogen-bond acceptors (Lipinski definition) is 7. The number of aryl methyl sites for hydroxylation is 2. The van der Waals surface area contributed by atoms with Gasteiger partial charge < -0.3 is 4.74 Å². The predicted octanol–water partition coefficient (Wildman–Crippen LogP) is 1.39. The fraction of sp³-hybridized carbons (Fsp3) is 0.353. The van der Waals surface area contributed by atoms with Crippen LogP contribution in [-0.2, 0) is 13.7 Å². The number of thioether (sulfide) groups is 1. The number of aliphatic imine (C=N–C) groups is 1. The highest BCUT2D eigenvalue weighted by Gasteiger charge is 2.18. The second-order valence-corrected chi connectivity index (χ2v) is 7.71. The number of rotatable bonds is 4. The van der Waals surface area contributed by atoms with Crippen LogP contribution in [0.4, 0.5) is 0 Å². The molecule has 9 nitrogen and oxygen atoms in total. The van der Waals surface area contributed by atoms with Crippen molar-refractivity contribution in [1.29, 1.82) is 0 Å². The first-order valence-corrected chi connectivity index (χ1v) is 9.38. The number of nitrogens with zero attached hydrogens (tertiary/aromatic N) is 7. The van der Waals surface area contributed by atoms with E-state index in [1.165, 1.54) is 9.36 Å². The highest BCUT2D eigenvalue weighted by Crippen LogP contribution is 2.23. The second-order valence-electron chi connectivity index (χ2n) is 6.31. The molecule has 140 valence electrons. The Labute approximate surface area is 159 Å². The third kappa shape index (κ3) is 3.39. The minimum Gasteiger partial charge on any atom is -0.472 e. The van der Waals surface area contributed by atoms with Gasteiger partial charge >= 0.3 is 5.69 Å². The molecule has 0 fully saturated rings. The fourth-order valence-electron chi connectivity index (χ4n) is 2.76. The summed E-state index contributed by atoms with van der Waals surface area (Å²) in [6.07, 6.45) is 1.84. The Hall–Kier alpha value is -2.88. The maximum Gasteiger partial charge on any atom is 0.368 e. The van der Waals surface area contributed by atoms with Crippen LogP contribution >= 0.6 is 11.8 Å². The van der Waals surface area contributed by atoms with Crippen molar-refractivity contribution in [3.63, 3.8) is 0 Å². The minimum absolute atomic E-state index is 0.262. The molecule has 1 atom stereocenters. The molecule has 0 aliphatic carbocycles. The SMILES string of the molecule is Cc1cccc(-n2nnn(C)c2=O)c1COc1ccn(C2=NCC(C)S2)n1. The summed E-state index contributed by atoms with van der Waals surface area (Å²) in [4.78, 5) is 16.7. The zero-order chi connectivity index (χ0) is 19.0. The Kier molecular flexibility index (Phi) is 4.56. The van der Waals surface area contributed by atoms with E-state index in [4.69, 9.17) is 4.74 Å². The van der Waals surface area contributed by atoms with Crippen molar-refractivity contribution < 1.29 is 4.74 Å². The first kappa shape index (κ1) is 17.5. The lowest BCUT2D eigenvalue weighted by Crippen LogP contribution is -2.23. The lowest BCUT2D eigenvalue weighted by molar-refractivity contribution is 0.291. The van der Waals surface area contributed by atoms with E-state index in [0.29, 0.717) is 16.8 Å². The van der Waals surface area contributed by atoms with Gasteiger partial charge in [-0.15, -0.1) is 5.10 Å². The molecule has 27 heavy (non-hydrogen) atoms. The van der Waals surface area contributed by atoms with E-state index >= 15 is 0 Å². The van der Waals surface area contributed by atoms with Gasteiger partial charge in [0.25, 0.3) is 0 Å². The molecule has 0 spiro atoms. The molecule has 2 aromatic heterocycles. The molecule has 0 radical (unpaired) electrons. The Bertz CT molecular complexity index is 1070.